The average Bonchev–Trinajstić information content (AvgIpc) is 3.42. The van der Waals surface area contributed by atoms with Crippen LogP contribution in [0.4, 0.5) is 0 Å². The molecule has 3 N–H and O–H groups in total. The molecule has 27 heavy (non-hydrogen) atoms. The van der Waals surface area contributed by atoms with Crippen molar-refractivity contribution in [2.45, 2.75) is 6.04 Å². The number of aromatic nitrogens is 3. The van der Waals surface area contributed by atoms with Crippen molar-refractivity contribution in [2.24, 2.45) is 0 Å². The Bertz CT molecular complexity index is 986. The van der Waals surface area contributed by atoms with E-state index in [1.807, 2.05) is 4.90 Å². The Morgan fingerprint density at radius 2 is 1.85 bits per heavy atom. The molecule has 0 aliphatic carbocycles. The standard InChI is InChI=1S/C17H18N4O5S/c22-7-5-20(6-8-23)13(11-3-1-9-25-11)14-16(24)21-17(27-14)18-15(19-21)12-4-2-10-26-12/h1-4,9-10,13,22-24H,5-8H2. The fourth-order valence-electron chi connectivity index (χ4n) is 2.99. The Morgan fingerprint density at radius 3 is 2.44 bits per heavy atom. The van der Waals surface area contributed by atoms with Crippen LogP contribution in [0.5, 0.6) is 5.88 Å². The maximum Gasteiger partial charge on any atom is 0.230 e. The molecule has 4 heterocycles. The van der Waals surface area contributed by atoms with Gasteiger partial charge in [-0.15, -0.1) is 5.10 Å². The summed E-state index contributed by atoms with van der Waals surface area (Å²) in [7, 11) is 0. The zero-order valence-corrected chi connectivity index (χ0v) is 15.0. The molecule has 9 nitrogen and oxygen atoms in total. The van der Waals surface area contributed by atoms with Gasteiger partial charge in [0.1, 0.15) is 11.8 Å². The molecule has 142 valence electrons. The van der Waals surface area contributed by atoms with Crippen LogP contribution in [0, 0.1) is 0 Å². The van der Waals surface area contributed by atoms with E-state index in [1.54, 1.807) is 30.5 Å². The van der Waals surface area contributed by atoms with Crippen LogP contribution < -0.4 is 0 Å². The summed E-state index contributed by atoms with van der Waals surface area (Å²) in [4.78, 5) is 7.31. The van der Waals surface area contributed by atoms with Gasteiger partial charge in [-0.1, -0.05) is 11.3 Å². The molecule has 0 spiro atoms. The molecule has 1 atom stereocenters. The second-order valence-corrected chi connectivity index (χ2v) is 6.81. The summed E-state index contributed by atoms with van der Waals surface area (Å²) in [6.07, 6.45) is 3.08. The molecule has 0 radical (unpaired) electrons. The molecular formula is C17H18N4O5S. The van der Waals surface area contributed by atoms with Crippen molar-refractivity contribution in [1.29, 1.82) is 0 Å². The van der Waals surface area contributed by atoms with Crippen molar-refractivity contribution < 1.29 is 24.2 Å². The van der Waals surface area contributed by atoms with Gasteiger partial charge in [0.15, 0.2) is 5.76 Å². The third-order valence-corrected chi connectivity index (χ3v) is 5.21. The fraction of sp³-hybridized carbons (Fsp3) is 0.294. The van der Waals surface area contributed by atoms with Crippen molar-refractivity contribution in [2.75, 3.05) is 26.3 Å². The Labute approximate surface area is 157 Å². The maximum atomic E-state index is 10.8. The molecule has 0 aliphatic rings. The topological polar surface area (TPSA) is 120 Å². The van der Waals surface area contributed by atoms with Crippen LogP contribution in [0.3, 0.4) is 0 Å². The molecular weight excluding hydrogens is 372 g/mol. The summed E-state index contributed by atoms with van der Waals surface area (Å²) in [5, 5.41) is 33.9. The van der Waals surface area contributed by atoms with E-state index >= 15 is 0 Å². The Morgan fingerprint density at radius 1 is 1.11 bits per heavy atom. The van der Waals surface area contributed by atoms with Gasteiger partial charge in [-0.05, 0) is 24.3 Å². The fourth-order valence-corrected chi connectivity index (χ4v) is 4.08. The highest BCUT2D eigenvalue weighted by molar-refractivity contribution is 7.17. The molecule has 4 aromatic rings. The number of furan rings is 2. The van der Waals surface area contributed by atoms with E-state index in [4.69, 9.17) is 8.83 Å². The van der Waals surface area contributed by atoms with Crippen LogP contribution in [-0.4, -0.2) is 61.1 Å². The lowest BCUT2D eigenvalue weighted by Gasteiger charge is -2.28. The van der Waals surface area contributed by atoms with Gasteiger partial charge < -0.3 is 24.2 Å². The van der Waals surface area contributed by atoms with Crippen molar-refractivity contribution >= 4 is 16.3 Å². The molecule has 0 aliphatic heterocycles. The predicted octanol–water partition coefficient (Wildman–Crippen LogP) is 1.73. The second-order valence-electron chi connectivity index (χ2n) is 5.80. The number of aromatic hydroxyl groups is 1. The number of rotatable bonds is 8. The van der Waals surface area contributed by atoms with Crippen molar-refractivity contribution in [3.63, 3.8) is 0 Å². The highest BCUT2D eigenvalue weighted by atomic mass is 32.1. The lowest BCUT2D eigenvalue weighted by molar-refractivity contribution is 0.127. The number of hydrogen-bond acceptors (Lipinski definition) is 9. The molecule has 10 heteroatoms. The van der Waals surface area contributed by atoms with E-state index in [0.717, 1.165) is 0 Å². The minimum absolute atomic E-state index is 0.0671. The number of hydrogen-bond donors (Lipinski definition) is 3. The first kappa shape index (κ1) is 17.7. The third kappa shape index (κ3) is 3.23. The van der Waals surface area contributed by atoms with E-state index in [-0.39, 0.29) is 19.1 Å². The lowest BCUT2D eigenvalue weighted by atomic mass is 10.1. The van der Waals surface area contributed by atoms with Gasteiger partial charge in [-0.25, -0.2) is 0 Å². The smallest absolute Gasteiger partial charge is 0.230 e. The van der Waals surface area contributed by atoms with Crippen molar-refractivity contribution in [1.82, 2.24) is 19.5 Å². The largest absolute Gasteiger partial charge is 0.492 e. The highest BCUT2D eigenvalue weighted by Gasteiger charge is 2.31. The summed E-state index contributed by atoms with van der Waals surface area (Å²) in [6, 6.07) is 6.54. The molecule has 0 fully saturated rings. The van der Waals surface area contributed by atoms with E-state index in [2.05, 4.69) is 10.1 Å². The van der Waals surface area contributed by atoms with Crippen LogP contribution in [0.2, 0.25) is 0 Å². The Hall–Kier alpha value is -2.66. The number of fused-ring (bicyclic) bond motifs is 1. The van der Waals surface area contributed by atoms with Gasteiger partial charge in [0, 0.05) is 13.1 Å². The number of aliphatic hydroxyl groups excluding tert-OH is 2. The number of aliphatic hydroxyl groups is 2. The highest BCUT2D eigenvalue weighted by Crippen LogP contribution is 2.40. The first-order valence-corrected chi connectivity index (χ1v) is 9.16. The molecule has 0 bridgehead atoms. The quantitative estimate of drug-likeness (QED) is 0.416. The van der Waals surface area contributed by atoms with E-state index in [0.29, 0.717) is 40.3 Å². The normalized spacial score (nSPS) is 13.0. The van der Waals surface area contributed by atoms with Crippen molar-refractivity contribution in [3.05, 3.63) is 47.4 Å². The first-order chi connectivity index (χ1) is 13.2. The summed E-state index contributed by atoms with van der Waals surface area (Å²) in [6.45, 7) is 0.413. The molecule has 0 saturated carbocycles. The minimum Gasteiger partial charge on any atom is -0.492 e. The van der Waals surface area contributed by atoms with Gasteiger partial charge in [0.05, 0.1) is 30.6 Å². The Balaban J connectivity index is 1.78. The molecule has 0 saturated heterocycles. The summed E-state index contributed by atoms with van der Waals surface area (Å²) in [5.41, 5.74) is 0. The summed E-state index contributed by atoms with van der Waals surface area (Å²) in [5.74, 6) is 1.41. The summed E-state index contributed by atoms with van der Waals surface area (Å²) < 4.78 is 12.2. The summed E-state index contributed by atoms with van der Waals surface area (Å²) >= 11 is 1.26. The SMILES string of the molecule is OCCN(CCO)C(c1ccco1)c1sc2nc(-c3ccco3)nn2c1O. The van der Waals surface area contributed by atoms with Crippen molar-refractivity contribution in [3.8, 4) is 17.5 Å². The first-order valence-electron chi connectivity index (χ1n) is 8.34. The van der Waals surface area contributed by atoms with E-state index in [9.17, 15) is 15.3 Å². The van der Waals surface area contributed by atoms with E-state index < -0.39 is 6.04 Å². The van der Waals surface area contributed by atoms with Gasteiger partial charge in [0.25, 0.3) is 0 Å². The molecule has 1 unspecified atom stereocenters. The maximum absolute atomic E-state index is 10.8. The van der Waals surface area contributed by atoms with Crippen LogP contribution in [-0.2, 0) is 0 Å². The van der Waals surface area contributed by atoms with E-state index in [1.165, 1.54) is 22.1 Å². The molecule has 0 amide bonds. The van der Waals surface area contributed by atoms with Gasteiger partial charge >= 0.3 is 0 Å². The van der Waals surface area contributed by atoms with Crippen LogP contribution >= 0.6 is 11.3 Å². The molecule has 0 aromatic carbocycles. The third-order valence-electron chi connectivity index (χ3n) is 4.14. The monoisotopic (exact) mass is 390 g/mol. The Kier molecular flexibility index (Phi) is 4.94. The van der Waals surface area contributed by atoms with Crippen LogP contribution in [0.1, 0.15) is 16.7 Å². The number of thiazole rings is 1. The molecule has 4 rings (SSSR count). The zero-order chi connectivity index (χ0) is 18.8. The zero-order valence-electron chi connectivity index (χ0n) is 14.2. The minimum atomic E-state index is -0.486. The lowest BCUT2D eigenvalue weighted by Crippen LogP contribution is -2.34. The average molecular weight is 390 g/mol. The molecule has 4 aromatic heterocycles. The van der Waals surface area contributed by atoms with Crippen LogP contribution in [0.15, 0.2) is 45.6 Å². The van der Waals surface area contributed by atoms with Gasteiger partial charge in [-0.2, -0.15) is 9.50 Å². The van der Waals surface area contributed by atoms with Crippen LogP contribution in [0.25, 0.3) is 16.5 Å². The number of nitrogens with zero attached hydrogens (tertiary/aromatic N) is 4. The van der Waals surface area contributed by atoms with Gasteiger partial charge in [-0.3, -0.25) is 4.90 Å². The predicted molar refractivity (Wildman–Crippen MR) is 96.5 cm³/mol. The van der Waals surface area contributed by atoms with Gasteiger partial charge in [0.2, 0.25) is 16.7 Å². The second kappa shape index (κ2) is 7.53.